The van der Waals surface area contributed by atoms with Crippen LogP contribution in [0.1, 0.15) is 36.8 Å². The molecule has 2 amide bonds. The van der Waals surface area contributed by atoms with Gasteiger partial charge in [-0.1, -0.05) is 11.6 Å². The van der Waals surface area contributed by atoms with Crippen LogP contribution in [0.25, 0.3) is 5.69 Å². The molecule has 0 N–H and O–H groups in total. The number of rotatable bonds is 3. The van der Waals surface area contributed by atoms with Gasteiger partial charge >= 0.3 is 6.09 Å². The number of aromatic nitrogens is 3. The topological polar surface area (TPSA) is 83.8 Å². The maximum Gasteiger partial charge on any atom is 0.410 e. The Hall–Kier alpha value is -3.59. The lowest BCUT2D eigenvalue weighted by Crippen LogP contribution is -2.37. The largest absolute Gasteiger partial charge is 0.444 e. The number of likely N-dealkylation sites (tertiary alicyclic amines) is 1. The van der Waals surface area contributed by atoms with Gasteiger partial charge in [0.15, 0.2) is 5.69 Å². The van der Waals surface area contributed by atoms with Gasteiger partial charge in [-0.05, 0) is 57.2 Å². The Morgan fingerprint density at radius 2 is 1.68 bits per heavy atom. The van der Waals surface area contributed by atoms with Crippen LogP contribution in [0.2, 0.25) is 5.02 Å². The number of nitrogens with zero attached hydrogens (tertiary/aromatic N) is 6. The molecule has 6 rings (SSSR count). The molecule has 0 bridgehead atoms. The molecule has 192 valence electrons. The van der Waals surface area contributed by atoms with Gasteiger partial charge in [0.2, 0.25) is 0 Å². The molecule has 37 heavy (non-hydrogen) atoms. The van der Waals surface area contributed by atoms with Gasteiger partial charge in [-0.25, -0.2) is 14.5 Å². The molecule has 2 atom stereocenters. The molecular weight excluding hydrogens is 492 g/mol. The monoisotopic (exact) mass is 520 g/mol. The zero-order valence-corrected chi connectivity index (χ0v) is 21.9. The second kappa shape index (κ2) is 8.76. The van der Waals surface area contributed by atoms with Gasteiger partial charge in [-0.2, -0.15) is 5.10 Å². The van der Waals surface area contributed by atoms with Crippen LogP contribution in [0.5, 0.6) is 0 Å². The van der Waals surface area contributed by atoms with Crippen molar-refractivity contribution in [3.05, 3.63) is 65.1 Å². The third kappa shape index (κ3) is 4.52. The molecule has 2 aromatic heterocycles. The van der Waals surface area contributed by atoms with E-state index in [9.17, 15) is 9.59 Å². The fourth-order valence-electron chi connectivity index (χ4n) is 5.39. The number of halogens is 1. The van der Waals surface area contributed by atoms with Gasteiger partial charge in [0.05, 0.1) is 24.1 Å². The smallest absolute Gasteiger partial charge is 0.410 e. The Morgan fingerprint density at radius 1 is 1.00 bits per heavy atom. The minimum Gasteiger partial charge on any atom is -0.444 e. The maximum atomic E-state index is 13.1. The second-order valence-corrected chi connectivity index (χ2v) is 11.4. The molecule has 2 unspecified atom stereocenters. The number of anilines is 2. The number of amides is 2. The zero-order chi connectivity index (χ0) is 25.9. The predicted octanol–water partition coefficient (Wildman–Crippen LogP) is 4.38. The number of carbonyl (C=O) groups is 2. The lowest BCUT2D eigenvalue weighted by atomic mass is 10.0. The van der Waals surface area contributed by atoms with Gasteiger partial charge in [-0.15, -0.1) is 0 Å². The maximum absolute atomic E-state index is 13.1. The van der Waals surface area contributed by atoms with Crippen LogP contribution in [0.3, 0.4) is 0 Å². The molecule has 1 aromatic carbocycles. The minimum atomic E-state index is -0.485. The van der Waals surface area contributed by atoms with Gasteiger partial charge < -0.3 is 19.4 Å². The fraction of sp³-hybridized carbons (Fsp3) is 0.407. The van der Waals surface area contributed by atoms with Crippen molar-refractivity contribution < 1.29 is 14.3 Å². The summed E-state index contributed by atoms with van der Waals surface area (Å²) in [5, 5.41) is 5.17. The first-order chi connectivity index (χ1) is 17.6. The number of pyridine rings is 1. The number of ether oxygens (including phenoxy) is 1. The minimum absolute atomic E-state index is 0.129. The Kier molecular flexibility index (Phi) is 5.63. The van der Waals surface area contributed by atoms with Crippen molar-refractivity contribution in [1.29, 1.82) is 0 Å². The van der Waals surface area contributed by atoms with E-state index in [-0.39, 0.29) is 12.0 Å². The quantitative estimate of drug-likeness (QED) is 0.509. The average Bonchev–Trinajstić information content (AvgIpc) is 3.59. The van der Waals surface area contributed by atoms with E-state index in [2.05, 4.69) is 15.0 Å². The van der Waals surface area contributed by atoms with Crippen molar-refractivity contribution in [3.63, 3.8) is 0 Å². The van der Waals surface area contributed by atoms with E-state index in [1.165, 1.54) is 0 Å². The summed E-state index contributed by atoms with van der Waals surface area (Å²) < 4.78 is 7.25. The van der Waals surface area contributed by atoms with E-state index in [0.29, 0.717) is 42.2 Å². The SMILES string of the molecule is CC(C)(C)OC(=O)N1CC2CN(c3ccc(N4Cc5cn(-c6ccc(Cl)cc6)nc5C4=O)cn3)CC2C1. The number of fused-ring (bicyclic) bond motifs is 2. The molecule has 2 saturated heterocycles. The third-order valence-electron chi connectivity index (χ3n) is 7.16. The summed E-state index contributed by atoms with van der Waals surface area (Å²) in [6.45, 7) is 9.25. The highest BCUT2D eigenvalue weighted by Crippen LogP contribution is 2.35. The first kappa shape index (κ1) is 23.8. The highest BCUT2D eigenvalue weighted by molar-refractivity contribution is 6.30. The van der Waals surface area contributed by atoms with Gasteiger partial charge in [0.1, 0.15) is 11.4 Å². The number of hydrogen-bond acceptors (Lipinski definition) is 6. The highest BCUT2D eigenvalue weighted by Gasteiger charge is 2.43. The molecule has 3 aliphatic rings. The van der Waals surface area contributed by atoms with Crippen molar-refractivity contribution in [2.45, 2.75) is 32.9 Å². The Balaban J connectivity index is 1.08. The summed E-state index contributed by atoms with van der Waals surface area (Å²) in [4.78, 5) is 36.0. The molecule has 10 heteroatoms. The molecular formula is C27H29ClN6O3. The Bertz CT molecular complexity index is 1330. The molecule has 0 spiro atoms. The Morgan fingerprint density at radius 3 is 2.27 bits per heavy atom. The third-order valence-corrected chi connectivity index (χ3v) is 7.42. The average molecular weight is 521 g/mol. The first-order valence-electron chi connectivity index (χ1n) is 12.5. The number of carbonyl (C=O) groups excluding carboxylic acids is 2. The van der Waals surface area contributed by atoms with E-state index in [1.807, 2.05) is 56.1 Å². The lowest BCUT2D eigenvalue weighted by molar-refractivity contribution is 0.0282. The van der Waals surface area contributed by atoms with Crippen molar-refractivity contribution in [3.8, 4) is 5.69 Å². The molecule has 3 aliphatic heterocycles. The number of hydrogen-bond donors (Lipinski definition) is 0. The summed E-state index contributed by atoms with van der Waals surface area (Å²) in [7, 11) is 0. The van der Waals surface area contributed by atoms with E-state index in [0.717, 1.165) is 35.8 Å². The summed E-state index contributed by atoms with van der Waals surface area (Å²) in [5.41, 5.74) is 2.46. The highest BCUT2D eigenvalue weighted by atomic mass is 35.5. The molecule has 0 saturated carbocycles. The van der Waals surface area contributed by atoms with Gasteiger partial charge in [0.25, 0.3) is 5.91 Å². The molecule has 5 heterocycles. The van der Waals surface area contributed by atoms with Gasteiger partial charge in [-0.3, -0.25) is 4.79 Å². The normalized spacial score (nSPS) is 21.0. The summed E-state index contributed by atoms with van der Waals surface area (Å²) in [6.07, 6.45) is 3.42. The molecule has 2 fully saturated rings. The van der Waals surface area contributed by atoms with Crippen molar-refractivity contribution in [2.24, 2.45) is 11.8 Å². The summed E-state index contributed by atoms with van der Waals surface area (Å²) in [6, 6.07) is 11.3. The van der Waals surface area contributed by atoms with Crippen LogP contribution in [-0.2, 0) is 11.3 Å². The van der Waals surface area contributed by atoms with E-state index < -0.39 is 5.60 Å². The Labute approximate surface area is 220 Å². The van der Waals surface area contributed by atoms with E-state index in [1.54, 1.807) is 27.9 Å². The van der Waals surface area contributed by atoms with Crippen LogP contribution >= 0.6 is 11.6 Å². The fourth-order valence-corrected chi connectivity index (χ4v) is 5.52. The zero-order valence-electron chi connectivity index (χ0n) is 21.1. The molecule has 3 aromatic rings. The second-order valence-electron chi connectivity index (χ2n) is 11.0. The van der Waals surface area contributed by atoms with Crippen LogP contribution in [-0.4, -0.2) is 63.4 Å². The van der Waals surface area contributed by atoms with Crippen LogP contribution in [0.4, 0.5) is 16.3 Å². The van der Waals surface area contributed by atoms with E-state index >= 15 is 0 Å². The first-order valence-corrected chi connectivity index (χ1v) is 12.9. The molecule has 9 nitrogen and oxygen atoms in total. The van der Waals surface area contributed by atoms with Gasteiger partial charge in [0, 0.05) is 54.8 Å². The standard InChI is InChI=1S/C27H29ClN6O3/c1-27(2,3)37-26(36)32-13-17-11-31(12-18(17)14-32)23-9-8-22(10-29-23)33-15-19-16-34(30-24(19)25(33)35)21-6-4-20(28)5-7-21/h4-10,16-18H,11-15H2,1-3H3. The molecule has 0 aliphatic carbocycles. The van der Waals surface area contributed by atoms with Crippen LogP contribution < -0.4 is 9.80 Å². The predicted molar refractivity (Wildman–Crippen MR) is 140 cm³/mol. The van der Waals surface area contributed by atoms with E-state index in [4.69, 9.17) is 16.3 Å². The van der Waals surface area contributed by atoms with Crippen LogP contribution in [0, 0.1) is 11.8 Å². The molecule has 0 radical (unpaired) electrons. The van der Waals surface area contributed by atoms with Crippen molar-refractivity contribution in [2.75, 3.05) is 36.0 Å². The van der Waals surface area contributed by atoms with Crippen LogP contribution in [0.15, 0.2) is 48.8 Å². The lowest BCUT2D eigenvalue weighted by Gasteiger charge is -2.26. The summed E-state index contributed by atoms with van der Waals surface area (Å²) >= 11 is 5.98. The number of benzene rings is 1. The van der Waals surface area contributed by atoms with Crippen molar-refractivity contribution >= 4 is 35.1 Å². The summed E-state index contributed by atoms with van der Waals surface area (Å²) in [5.74, 6) is 1.57. The van der Waals surface area contributed by atoms with Crippen molar-refractivity contribution in [1.82, 2.24) is 19.7 Å².